The monoisotopic (exact) mass is 447 g/mol. The maximum atomic E-state index is 13.6. The summed E-state index contributed by atoms with van der Waals surface area (Å²) in [5.74, 6) is 1.55. The van der Waals surface area contributed by atoms with E-state index >= 15 is 0 Å². The van der Waals surface area contributed by atoms with E-state index in [0.29, 0.717) is 18.5 Å². The molecule has 2 aliphatic heterocycles. The molecule has 0 spiro atoms. The van der Waals surface area contributed by atoms with Crippen LogP contribution in [0.2, 0.25) is 0 Å². The zero-order valence-corrected chi connectivity index (χ0v) is 19.1. The normalized spacial score (nSPS) is 24.3. The molecule has 2 aromatic rings. The van der Waals surface area contributed by atoms with E-state index in [-0.39, 0.29) is 29.5 Å². The highest BCUT2D eigenvalue weighted by atomic mass is 16.5. The third-order valence-electron chi connectivity index (χ3n) is 7.09. The number of hydrogen-bond donors (Lipinski definition) is 0. The fourth-order valence-corrected chi connectivity index (χ4v) is 5.30. The number of Topliss-reactive ketones (excluding diaryl/α,β-unsaturated/α-hetero) is 1. The van der Waals surface area contributed by atoms with E-state index in [9.17, 15) is 9.59 Å². The van der Waals surface area contributed by atoms with Crippen molar-refractivity contribution in [1.82, 2.24) is 4.90 Å². The van der Waals surface area contributed by atoms with Crippen LogP contribution in [-0.4, -0.2) is 43.5 Å². The summed E-state index contributed by atoms with van der Waals surface area (Å²) in [5.41, 5.74) is 2.53. The van der Waals surface area contributed by atoms with E-state index in [0.717, 1.165) is 48.3 Å². The van der Waals surface area contributed by atoms with Crippen molar-refractivity contribution in [1.29, 1.82) is 0 Å². The number of carbonyl (C=O) groups excluding carboxylic acids is 2. The minimum atomic E-state index is -0.438. The van der Waals surface area contributed by atoms with Crippen LogP contribution in [0.25, 0.3) is 0 Å². The first kappa shape index (κ1) is 21.6. The summed E-state index contributed by atoms with van der Waals surface area (Å²) in [6, 6.07) is 15.0. The molecular formula is C27H29NO5. The zero-order valence-electron chi connectivity index (χ0n) is 19.1. The third kappa shape index (κ3) is 3.88. The molecule has 172 valence electrons. The summed E-state index contributed by atoms with van der Waals surface area (Å²) in [4.78, 5) is 29.0. The molecule has 3 aliphatic rings. The van der Waals surface area contributed by atoms with Crippen molar-refractivity contribution in [3.8, 4) is 11.5 Å². The maximum Gasteiger partial charge on any atom is 0.290 e. The molecule has 6 heteroatoms. The number of amides is 1. The lowest BCUT2D eigenvalue weighted by atomic mass is 9.77. The molecule has 0 radical (unpaired) electrons. The van der Waals surface area contributed by atoms with Gasteiger partial charge in [-0.1, -0.05) is 30.7 Å². The Hall–Kier alpha value is -3.28. The van der Waals surface area contributed by atoms with Gasteiger partial charge in [0.25, 0.3) is 5.91 Å². The van der Waals surface area contributed by atoms with Gasteiger partial charge in [-0.15, -0.1) is 0 Å². The summed E-state index contributed by atoms with van der Waals surface area (Å²) >= 11 is 0. The van der Waals surface area contributed by atoms with Crippen LogP contribution < -0.4 is 9.47 Å². The summed E-state index contributed by atoms with van der Waals surface area (Å²) in [5, 5.41) is 0. The van der Waals surface area contributed by atoms with Crippen molar-refractivity contribution in [2.45, 2.75) is 44.2 Å². The fraction of sp³-hybridized carbons (Fsp3) is 0.407. The SMILES string of the molecule is COc1ccc(CCN2C(=O)C3=C(C(=O)C4CCCCC4O3)C2c2ccc(OC)cc2)cc1. The fourth-order valence-electron chi connectivity index (χ4n) is 5.30. The minimum Gasteiger partial charge on any atom is -0.497 e. The van der Waals surface area contributed by atoms with E-state index in [4.69, 9.17) is 14.2 Å². The van der Waals surface area contributed by atoms with Crippen molar-refractivity contribution in [2.24, 2.45) is 5.92 Å². The second-order valence-corrected chi connectivity index (χ2v) is 8.93. The standard InChI is InChI=1S/C27H29NO5/c1-31-19-11-7-17(8-12-19)15-16-28-24(18-9-13-20(32-2)14-10-18)23-25(29)21-5-3-4-6-22(21)33-26(23)27(28)30/h7-14,21-22,24H,3-6,15-16H2,1-2H3. The van der Waals surface area contributed by atoms with Crippen LogP contribution >= 0.6 is 0 Å². The Labute approximate surface area is 194 Å². The van der Waals surface area contributed by atoms with Crippen LogP contribution in [0.3, 0.4) is 0 Å². The Morgan fingerprint density at radius 2 is 1.55 bits per heavy atom. The highest BCUT2D eigenvalue weighted by Crippen LogP contribution is 2.46. The molecule has 0 aromatic heterocycles. The number of nitrogens with zero attached hydrogens (tertiary/aromatic N) is 1. The second kappa shape index (κ2) is 8.93. The zero-order chi connectivity index (χ0) is 22.9. The summed E-state index contributed by atoms with van der Waals surface area (Å²) < 4.78 is 16.8. The molecule has 1 fully saturated rings. The molecule has 0 N–H and O–H groups in total. The lowest BCUT2D eigenvalue weighted by Gasteiger charge is -2.35. The summed E-state index contributed by atoms with van der Waals surface area (Å²) in [6.07, 6.45) is 4.22. The molecule has 0 bridgehead atoms. The first-order valence-corrected chi connectivity index (χ1v) is 11.6. The second-order valence-electron chi connectivity index (χ2n) is 8.93. The number of ether oxygens (including phenoxy) is 3. The van der Waals surface area contributed by atoms with Crippen molar-refractivity contribution in [3.63, 3.8) is 0 Å². The van der Waals surface area contributed by atoms with Crippen LogP contribution in [0.15, 0.2) is 59.9 Å². The van der Waals surface area contributed by atoms with Crippen LogP contribution in [0.1, 0.15) is 42.9 Å². The molecule has 1 aliphatic carbocycles. The number of rotatable bonds is 6. The van der Waals surface area contributed by atoms with Crippen LogP contribution in [0.4, 0.5) is 0 Å². The van der Waals surface area contributed by atoms with Gasteiger partial charge in [-0.25, -0.2) is 0 Å². The predicted molar refractivity (Wildman–Crippen MR) is 123 cm³/mol. The molecule has 0 saturated heterocycles. The van der Waals surface area contributed by atoms with E-state index in [2.05, 4.69) is 0 Å². The van der Waals surface area contributed by atoms with Crippen molar-refractivity contribution >= 4 is 11.7 Å². The van der Waals surface area contributed by atoms with Gasteiger partial charge in [0.15, 0.2) is 11.5 Å². The van der Waals surface area contributed by atoms with Gasteiger partial charge in [0.2, 0.25) is 0 Å². The molecule has 2 aromatic carbocycles. The molecule has 2 heterocycles. The van der Waals surface area contributed by atoms with Gasteiger partial charge in [-0.3, -0.25) is 9.59 Å². The van der Waals surface area contributed by atoms with Gasteiger partial charge >= 0.3 is 0 Å². The third-order valence-corrected chi connectivity index (χ3v) is 7.09. The van der Waals surface area contributed by atoms with Gasteiger partial charge in [0.05, 0.1) is 31.8 Å². The van der Waals surface area contributed by atoms with Gasteiger partial charge in [0.1, 0.15) is 17.6 Å². The maximum absolute atomic E-state index is 13.6. The number of ketones is 1. The molecule has 3 atom stereocenters. The molecule has 6 nitrogen and oxygen atoms in total. The molecule has 5 rings (SSSR count). The smallest absolute Gasteiger partial charge is 0.290 e. The van der Waals surface area contributed by atoms with E-state index in [1.807, 2.05) is 48.5 Å². The quantitative estimate of drug-likeness (QED) is 0.663. The Balaban J connectivity index is 1.47. The number of benzene rings is 2. The van der Waals surface area contributed by atoms with Crippen molar-refractivity contribution in [3.05, 3.63) is 71.0 Å². The molecular weight excluding hydrogens is 418 g/mol. The first-order chi connectivity index (χ1) is 16.1. The van der Waals surface area contributed by atoms with Crippen LogP contribution in [0, 0.1) is 5.92 Å². The molecule has 33 heavy (non-hydrogen) atoms. The lowest BCUT2D eigenvalue weighted by Crippen LogP contribution is -2.39. The Morgan fingerprint density at radius 3 is 2.21 bits per heavy atom. The highest BCUT2D eigenvalue weighted by Gasteiger charge is 2.51. The van der Waals surface area contributed by atoms with Crippen LogP contribution in [0.5, 0.6) is 11.5 Å². The van der Waals surface area contributed by atoms with E-state index < -0.39 is 6.04 Å². The highest BCUT2D eigenvalue weighted by molar-refractivity contribution is 6.11. The first-order valence-electron chi connectivity index (χ1n) is 11.6. The largest absolute Gasteiger partial charge is 0.497 e. The Bertz CT molecular complexity index is 1070. The van der Waals surface area contributed by atoms with Gasteiger partial charge in [-0.05, 0) is 61.1 Å². The Kier molecular flexibility index (Phi) is 5.83. The topological polar surface area (TPSA) is 65.1 Å². The summed E-state index contributed by atoms with van der Waals surface area (Å²) in [6.45, 7) is 0.487. The van der Waals surface area contributed by atoms with Gasteiger partial charge in [-0.2, -0.15) is 0 Å². The van der Waals surface area contributed by atoms with Gasteiger partial charge in [0, 0.05) is 6.54 Å². The molecule has 3 unspecified atom stereocenters. The van der Waals surface area contributed by atoms with Crippen molar-refractivity contribution < 1.29 is 23.8 Å². The lowest BCUT2D eigenvalue weighted by molar-refractivity contribution is -0.135. The van der Waals surface area contributed by atoms with Gasteiger partial charge < -0.3 is 19.1 Å². The number of fused-ring (bicyclic) bond motifs is 1. The average Bonchev–Trinajstić information content (AvgIpc) is 3.15. The van der Waals surface area contributed by atoms with E-state index in [1.54, 1.807) is 19.1 Å². The summed E-state index contributed by atoms with van der Waals surface area (Å²) in [7, 11) is 3.26. The van der Waals surface area contributed by atoms with E-state index in [1.165, 1.54) is 0 Å². The predicted octanol–water partition coefficient (Wildman–Crippen LogP) is 4.24. The van der Waals surface area contributed by atoms with Crippen molar-refractivity contribution in [2.75, 3.05) is 20.8 Å². The Morgan fingerprint density at radius 1 is 0.909 bits per heavy atom. The average molecular weight is 448 g/mol. The number of methoxy groups -OCH3 is 2. The molecule has 1 saturated carbocycles. The number of hydrogen-bond acceptors (Lipinski definition) is 5. The molecule has 1 amide bonds. The van der Waals surface area contributed by atoms with Crippen LogP contribution in [-0.2, 0) is 20.7 Å². The number of carbonyl (C=O) groups is 2. The minimum absolute atomic E-state index is 0.0852.